The molecule has 21 heavy (non-hydrogen) atoms. The van der Waals surface area contributed by atoms with E-state index in [4.69, 9.17) is 5.11 Å². The topological polar surface area (TPSA) is 40.5 Å². The van der Waals surface area contributed by atoms with Crippen molar-refractivity contribution in [3.8, 4) is 0 Å². The number of aliphatic hydroxyl groups excluding tert-OH is 2. The molecule has 2 nitrogen and oxygen atoms in total. The first-order valence-corrected chi connectivity index (χ1v) is 9.53. The Morgan fingerprint density at radius 3 is 1.38 bits per heavy atom. The van der Waals surface area contributed by atoms with Crippen molar-refractivity contribution in [3.63, 3.8) is 0 Å². The van der Waals surface area contributed by atoms with Crippen LogP contribution in [0.3, 0.4) is 0 Å². The van der Waals surface area contributed by atoms with Crippen LogP contribution in [-0.4, -0.2) is 22.4 Å². The summed E-state index contributed by atoms with van der Waals surface area (Å²) >= 11 is 0. The molecule has 2 N–H and O–H groups in total. The van der Waals surface area contributed by atoms with Crippen LogP contribution in [0, 0.1) is 0 Å². The zero-order valence-electron chi connectivity index (χ0n) is 14.7. The molecular formula is C19H40O2. The fraction of sp³-hybridized carbons (Fsp3) is 1.00. The lowest BCUT2D eigenvalue weighted by Gasteiger charge is -2.11. The van der Waals surface area contributed by atoms with Crippen LogP contribution in [0.2, 0.25) is 0 Å². The first-order chi connectivity index (χ1) is 10.2. The molecule has 0 aromatic rings. The molecule has 0 fully saturated rings. The minimum Gasteiger partial charge on any atom is -0.393 e. The molecule has 2 atom stereocenters. The molecule has 0 saturated carbocycles. The van der Waals surface area contributed by atoms with Gasteiger partial charge in [0.2, 0.25) is 0 Å². The standard InChI is InChI=1S/C19H40O2/c1-3-4-5-6-7-8-9-10-11-12-13-14-15-16-19(21)17-18(2)20/h18-21H,3-17H2,1-2H3. The van der Waals surface area contributed by atoms with Gasteiger partial charge in [-0.1, -0.05) is 90.4 Å². The van der Waals surface area contributed by atoms with E-state index in [1.165, 1.54) is 77.0 Å². The highest BCUT2D eigenvalue weighted by molar-refractivity contribution is 4.60. The van der Waals surface area contributed by atoms with E-state index >= 15 is 0 Å². The first kappa shape index (κ1) is 20.9. The van der Waals surface area contributed by atoms with E-state index in [9.17, 15) is 5.11 Å². The van der Waals surface area contributed by atoms with Gasteiger partial charge in [-0.3, -0.25) is 0 Å². The monoisotopic (exact) mass is 300 g/mol. The van der Waals surface area contributed by atoms with E-state index in [1.54, 1.807) is 6.92 Å². The number of rotatable bonds is 16. The highest BCUT2D eigenvalue weighted by Crippen LogP contribution is 2.14. The maximum atomic E-state index is 9.64. The van der Waals surface area contributed by atoms with Crippen molar-refractivity contribution in [2.75, 3.05) is 0 Å². The van der Waals surface area contributed by atoms with Crippen LogP contribution in [0.1, 0.15) is 110 Å². The van der Waals surface area contributed by atoms with Gasteiger partial charge in [-0.15, -0.1) is 0 Å². The first-order valence-electron chi connectivity index (χ1n) is 9.53. The van der Waals surface area contributed by atoms with Gasteiger partial charge in [0.1, 0.15) is 0 Å². The molecule has 0 aromatic carbocycles. The smallest absolute Gasteiger partial charge is 0.0564 e. The SMILES string of the molecule is CCCCCCCCCCCCCCCC(O)CC(C)O. The zero-order valence-corrected chi connectivity index (χ0v) is 14.7. The lowest BCUT2D eigenvalue weighted by Crippen LogP contribution is -2.14. The second-order valence-corrected chi connectivity index (χ2v) is 6.77. The molecule has 0 aliphatic rings. The molecule has 0 heterocycles. The van der Waals surface area contributed by atoms with E-state index in [0.717, 1.165) is 12.8 Å². The van der Waals surface area contributed by atoms with Gasteiger partial charge in [-0.25, -0.2) is 0 Å². The van der Waals surface area contributed by atoms with Crippen molar-refractivity contribution in [3.05, 3.63) is 0 Å². The van der Waals surface area contributed by atoms with Crippen LogP contribution < -0.4 is 0 Å². The summed E-state index contributed by atoms with van der Waals surface area (Å²) in [5.41, 5.74) is 0. The predicted octanol–water partition coefficient (Wildman–Crippen LogP) is 5.60. The summed E-state index contributed by atoms with van der Waals surface area (Å²) in [7, 11) is 0. The molecule has 0 aliphatic carbocycles. The second kappa shape index (κ2) is 16.3. The summed E-state index contributed by atoms with van der Waals surface area (Å²) in [6.07, 6.45) is 18.3. The van der Waals surface area contributed by atoms with Crippen molar-refractivity contribution in [2.45, 2.75) is 122 Å². The lowest BCUT2D eigenvalue weighted by atomic mass is 10.0. The fourth-order valence-electron chi connectivity index (χ4n) is 2.91. The van der Waals surface area contributed by atoms with E-state index in [-0.39, 0.29) is 12.2 Å². The maximum Gasteiger partial charge on any atom is 0.0564 e. The normalized spacial score (nSPS) is 14.3. The molecule has 128 valence electrons. The van der Waals surface area contributed by atoms with Crippen molar-refractivity contribution < 1.29 is 10.2 Å². The van der Waals surface area contributed by atoms with Crippen LogP contribution in [-0.2, 0) is 0 Å². The van der Waals surface area contributed by atoms with Gasteiger partial charge in [0.15, 0.2) is 0 Å². The third kappa shape index (κ3) is 17.9. The molecular weight excluding hydrogens is 260 g/mol. The molecule has 0 bridgehead atoms. The Kier molecular flexibility index (Phi) is 16.2. The van der Waals surface area contributed by atoms with Crippen molar-refractivity contribution in [1.82, 2.24) is 0 Å². The van der Waals surface area contributed by atoms with Gasteiger partial charge in [-0.05, 0) is 19.8 Å². The Balaban J connectivity index is 3.05. The van der Waals surface area contributed by atoms with Gasteiger partial charge in [0.05, 0.1) is 12.2 Å². The van der Waals surface area contributed by atoms with Gasteiger partial charge < -0.3 is 10.2 Å². The van der Waals surface area contributed by atoms with Gasteiger partial charge in [0, 0.05) is 0 Å². The van der Waals surface area contributed by atoms with Gasteiger partial charge >= 0.3 is 0 Å². The molecule has 2 unspecified atom stereocenters. The summed E-state index contributed by atoms with van der Waals surface area (Å²) in [6, 6.07) is 0. The van der Waals surface area contributed by atoms with Crippen molar-refractivity contribution in [1.29, 1.82) is 0 Å². The minimum absolute atomic E-state index is 0.308. The zero-order chi connectivity index (χ0) is 15.8. The molecule has 2 heteroatoms. The van der Waals surface area contributed by atoms with E-state index in [1.807, 2.05) is 0 Å². The fourth-order valence-corrected chi connectivity index (χ4v) is 2.91. The number of hydrogen-bond acceptors (Lipinski definition) is 2. The summed E-state index contributed by atoms with van der Waals surface area (Å²) in [5, 5.41) is 18.8. The Morgan fingerprint density at radius 1 is 0.619 bits per heavy atom. The highest BCUT2D eigenvalue weighted by atomic mass is 16.3. The average molecular weight is 301 g/mol. The van der Waals surface area contributed by atoms with E-state index < -0.39 is 0 Å². The maximum absolute atomic E-state index is 9.64. The third-order valence-electron chi connectivity index (χ3n) is 4.25. The van der Waals surface area contributed by atoms with Crippen molar-refractivity contribution >= 4 is 0 Å². The number of unbranched alkanes of at least 4 members (excludes halogenated alkanes) is 12. The van der Waals surface area contributed by atoms with Crippen molar-refractivity contribution in [2.24, 2.45) is 0 Å². The Morgan fingerprint density at radius 2 is 1.00 bits per heavy atom. The van der Waals surface area contributed by atoms with Crippen LogP contribution >= 0.6 is 0 Å². The molecule has 0 rings (SSSR count). The lowest BCUT2D eigenvalue weighted by molar-refractivity contribution is 0.0834. The van der Waals surface area contributed by atoms with Crippen LogP contribution in [0.15, 0.2) is 0 Å². The largest absolute Gasteiger partial charge is 0.393 e. The van der Waals surface area contributed by atoms with Gasteiger partial charge in [-0.2, -0.15) is 0 Å². The molecule has 0 aromatic heterocycles. The summed E-state index contributed by atoms with van der Waals surface area (Å²) < 4.78 is 0. The van der Waals surface area contributed by atoms with Crippen LogP contribution in [0.4, 0.5) is 0 Å². The number of aliphatic hydroxyl groups is 2. The molecule has 0 saturated heterocycles. The minimum atomic E-state index is -0.373. The van der Waals surface area contributed by atoms with Crippen LogP contribution in [0.25, 0.3) is 0 Å². The highest BCUT2D eigenvalue weighted by Gasteiger charge is 2.06. The summed E-state index contributed by atoms with van der Waals surface area (Å²) in [4.78, 5) is 0. The molecule has 0 amide bonds. The van der Waals surface area contributed by atoms with E-state index in [2.05, 4.69) is 6.92 Å². The van der Waals surface area contributed by atoms with Gasteiger partial charge in [0.25, 0.3) is 0 Å². The Hall–Kier alpha value is -0.0800. The molecule has 0 aliphatic heterocycles. The third-order valence-corrected chi connectivity index (χ3v) is 4.25. The average Bonchev–Trinajstić information content (AvgIpc) is 2.43. The Bertz CT molecular complexity index is 192. The van der Waals surface area contributed by atoms with Crippen LogP contribution in [0.5, 0.6) is 0 Å². The molecule has 0 radical (unpaired) electrons. The van der Waals surface area contributed by atoms with E-state index in [0.29, 0.717) is 6.42 Å². The predicted molar refractivity (Wildman–Crippen MR) is 92.6 cm³/mol. The molecule has 0 spiro atoms. The summed E-state index contributed by atoms with van der Waals surface area (Å²) in [5.74, 6) is 0. The second-order valence-electron chi connectivity index (χ2n) is 6.77. The number of hydrogen-bond donors (Lipinski definition) is 2. The quantitative estimate of drug-likeness (QED) is 0.364. The Labute approximate surface area is 133 Å². The summed E-state index contributed by atoms with van der Waals surface area (Å²) in [6.45, 7) is 4.01.